The van der Waals surface area contributed by atoms with Crippen molar-refractivity contribution in [3.8, 4) is 5.82 Å². The Morgan fingerprint density at radius 1 is 1.50 bits per heavy atom. The molecule has 1 N–H and O–H groups in total. The first-order chi connectivity index (χ1) is 10.7. The fraction of sp³-hybridized carbons (Fsp3) is 0.471. The van der Waals surface area contributed by atoms with Gasteiger partial charge < -0.3 is 5.32 Å². The van der Waals surface area contributed by atoms with Crippen molar-refractivity contribution in [3.05, 3.63) is 41.9 Å². The highest BCUT2D eigenvalue weighted by Gasteiger charge is 2.27. The minimum absolute atomic E-state index is 0.0520. The van der Waals surface area contributed by atoms with Crippen LogP contribution in [0.3, 0.4) is 0 Å². The van der Waals surface area contributed by atoms with E-state index in [2.05, 4.69) is 15.4 Å². The van der Waals surface area contributed by atoms with Crippen LogP contribution in [0.4, 0.5) is 0 Å². The Balaban J connectivity index is 1.86. The van der Waals surface area contributed by atoms with Crippen molar-refractivity contribution >= 4 is 5.91 Å². The van der Waals surface area contributed by atoms with E-state index >= 15 is 0 Å². The van der Waals surface area contributed by atoms with E-state index in [4.69, 9.17) is 0 Å². The number of rotatable bonds is 4. The molecule has 0 fully saturated rings. The van der Waals surface area contributed by atoms with E-state index in [0.29, 0.717) is 0 Å². The zero-order valence-corrected chi connectivity index (χ0v) is 13.1. The average Bonchev–Trinajstić information content (AvgIpc) is 3.00. The molecule has 22 heavy (non-hydrogen) atoms. The monoisotopic (exact) mass is 298 g/mol. The number of amides is 1. The second-order valence-corrected chi connectivity index (χ2v) is 5.91. The first kappa shape index (κ1) is 14.8. The number of nitrogens with one attached hydrogen (secondary N) is 1. The Bertz CT molecular complexity index is 650. The Kier molecular flexibility index (Phi) is 4.22. The highest BCUT2D eigenvalue weighted by molar-refractivity contribution is 5.78. The molecule has 1 aliphatic rings. The van der Waals surface area contributed by atoms with Gasteiger partial charge in [0.2, 0.25) is 5.91 Å². The number of aromatic nitrogens is 3. The van der Waals surface area contributed by atoms with E-state index in [0.717, 1.165) is 37.1 Å². The molecule has 0 aromatic carbocycles. The lowest BCUT2D eigenvalue weighted by atomic mass is 9.92. The van der Waals surface area contributed by atoms with Gasteiger partial charge >= 0.3 is 0 Å². The lowest BCUT2D eigenvalue weighted by Crippen LogP contribution is -2.34. The highest BCUT2D eigenvalue weighted by Crippen LogP contribution is 2.31. The molecule has 2 heterocycles. The number of carbonyl (C=O) groups excluding carboxylic acids is 1. The van der Waals surface area contributed by atoms with Crippen molar-refractivity contribution in [2.75, 3.05) is 0 Å². The molecule has 0 spiro atoms. The molecule has 1 amide bonds. The molecule has 5 heteroatoms. The molecule has 2 aromatic heterocycles. The number of hydrogen-bond donors (Lipinski definition) is 1. The lowest BCUT2D eigenvalue weighted by molar-refractivity contribution is -0.125. The molecule has 2 aromatic rings. The van der Waals surface area contributed by atoms with Crippen molar-refractivity contribution < 1.29 is 4.79 Å². The summed E-state index contributed by atoms with van der Waals surface area (Å²) in [5.41, 5.74) is 2.30. The zero-order valence-electron chi connectivity index (χ0n) is 13.1. The molecule has 0 aliphatic heterocycles. The SMILES string of the molecule is CC[C@H](C)C(=O)N[C@@H]1CCCc2c1cnn2-c1ccccn1. The van der Waals surface area contributed by atoms with Gasteiger partial charge in [0.25, 0.3) is 0 Å². The van der Waals surface area contributed by atoms with Gasteiger partial charge in [-0.25, -0.2) is 9.67 Å². The molecule has 116 valence electrons. The van der Waals surface area contributed by atoms with Gasteiger partial charge in [0, 0.05) is 17.7 Å². The summed E-state index contributed by atoms with van der Waals surface area (Å²) in [4.78, 5) is 16.5. The predicted molar refractivity (Wildman–Crippen MR) is 84.6 cm³/mol. The molecule has 5 nitrogen and oxygen atoms in total. The normalized spacial score (nSPS) is 18.5. The van der Waals surface area contributed by atoms with Gasteiger partial charge in [-0.15, -0.1) is 0 Å². The fourth-order valence-electron chi connectivity index (χ4n) is 2.88. The van der Waals surface area contributed by atoms with E-state index in [1.54, 1.807) is 6.20 Å². The summed E-state index contributed by atoms with van der Waals surface area (Å²) < 4.78 is 1.90. The molecule has 2 atom stereocenters. The van der Waals surface area contributed by atoms with Gasteiger partial charge in [0.05, 0.1) is 17.9 Å². The molecule has 0 bridgehead atoms. The third-order valence-electron chi connectivity index (χ3n) is 4.43. The van der Waals surface area contributed by atoms with Crippen molar-refractivity contribution in [2.24, 2.45) is 5.92 Å². The van der Waals surface area contributed by atoms with Crippen LogP contribution in [0.15, 0.2) is 30.6 Å². The van der Waals surface area contributed by atoms with Crippen LogP contribution in [0.1, 0.15) is 50.4 Å². The summed E-state index contributed by atoms with van der Waals surface area (Å²) in [6, 6.07) is 5.88. The van der Waals surface area contributed by atoms with Crippen LogP contribution in [-0.4, -0.2) is 20.7 Å². The average molecular weight is 298 g/mol. The Morgan fingerprint density at radius 2 is 2.36 bits per heavy atom. The first-order valence-corrected chi connectivity index (χ1v) is 7.99. The van der Waals surface area contributed by atoms with Crippen molar-refractivity contribution in [1.82, 2.24) is 20.1 Å². The standard InChI is InChI=1S/C17H22N4O/c1-3-12(2)17(22)20-14-7-6-8-15-13(14)11-19-21(15)16-9-4-5-10-18-16/h4-5,9-12,14H,3,6-8H2,1-2H3,(H,20,22)/t12-,14+/m0/s1. The number of carbonyl (C=O) groups is 1. The molecule has 0 saturated heterocycles. The molecule has 1 aliphatic carbocycles. The Morgan fingerprint density at radius 3 is 3.09 bits per heavy atom. The van der Waals surface area contributed by atoms with Crippen LogP contribution in [0.25, 0.3) is 5.82 Å². The lowest BCUT2D eigenvalue weighted by Gasteiger charge is -2.25. The highest BCUT2D eigenvalue weighted by atomic mass is 16.1. The quantitative estimate of drug-likeness (QED) is 0.944. The summed E-state index contributed by atoms with van der Waals surface area (Å²) in [5, 5.41) is 7.67. The van der Waals surface area contributed by atoms with Crippen molar-refractivity contribution in [3.63, 3.8) is 0 Å². The van der Waals surface area contributed by atoms with Crippen LogP contribution in [0.2, 0.25) is 0 Å². The maximum atomic E-state index is 12.2. The van der Waals surface area contributed by atoms with Crippen LogP contribution in [-0.2, 0) is 11.2 Å². The van der Waals surface area contributed by atoms with E-state index < -0.39 is 0 Å². The fourth-order valence-corrected chi connectivity index (χ4v) is 2.88. The van der Waals surface area contributed by atoms with Gasteiger partial charge in [-0.2, -0.15) is 5.10 Å². The predicted octanol–water partition coefficient (Wildman–Crippen LogP) is 2.81. The van der Waals surface area contributed by atoms with Crippen LogP contribution in [0.5, 0.6) is 0 Å². The topological polar surface area (TPSA) is 59.8 Å². The molecule has 0 radical (unpaired) electrons. The summed E-state index contributed by atoms with van der Waals surface area (Å²) in [5.74, 6) is 1.01. The smallest absolute Gasteiger partial charge is 0.223 e. The summed E-state index contributed by atoms with van der Waals surface area (Å²) >= 11 is 0. The van der Waals surface area contributed by atoms with Gasteiger partial charge in [0.1, 0.15) is 0 Å². The minimum atomic E-state index is 0.0520. The van der Waals surface area contributed by atoms with E-state index in [1.165, 1.54) is 5.69 Å². The van der Waals surface area contributed by atoms with Gasteiger partial charge in [-0.3, -0.25) is 4.79 Å². The number of hydrogen-bond acceptors (Lipinski definition) is 3. The van der Waals surface area contributed by atoms with E-state index in [-0.39, 0.29) is 17.9 Å². The second kappa shape index (κ2) is 6.30. The maximum absolute atomic E-state index is 12.2. The van der Waals surface area contributed by atoms with Crippen molar-refractivity contribution in [1.29, 1.82) is 0 Å². The van der Waals surface area contributed by atoms with Gasteiger partial charge in [-0.05, 0) is 37.8 Å². The molecule has 3 rings (SSSR count). The Labute approximate surface area is 130 Å². The first-order valence-electron chi connectivity index (χ1n) is 7.99. The van der Waals surface area contributed by atoms with Gasteiger partial charge in [0.15, 0.2) is 5.82 Å². The van der Waals surface area contributed by atoms with Crippen LogP contribution < -0.4 is 5.32 Å². The van der Waals surface area contributed by atoms with E-state index in [1.807, 2.05) is 42.9 Å². The zero-order chi connectivity index (χ0) is 15.5. The van der Waals surface area contributed by atoms with Crippen LogP contribution in [0, 0.1) is 5.92 Å². The van der Waals surface area contributed by atoms with Crippen molar-refractivity contribution in [2.45, 2.75) is 45.6 Å². The number of pyridine rings is 1. The molecular weight excluding hydrogens is 276 g/mol. The molecule has 0 unspecified atom stereocenters. The van der Waals surface area contributed by atoms with Gasteiger partial charge in [-0.1, -0.05) is 19.9 Å². The number of nitrogens with zero attached hydrogens (tertiary/aromatic N) is 3. The van der Waals surface area contributed by atoms with E-state index in [9.17, 15) is 4.79 Å². The summed E-state index contributed by atoms with van der Waals surface area (Å²) in [6.07, 6.45) is 7.51. The maximum Gasteiger partial charge on any atom is 0.223 e. The third kappa shape index (κ3) is 2.75. The minimum Gasteiger partial charge on any atom is -0.349 e. The molecular formula is C17H22N4O. The number of fused-ring (bicyclic) bond motifs is 1. The summed E-state index contributed by atoms with van der Waals surface area (Å²) in [6.45, 7) is 4.01. The largest absolute Gasteiger partial charge is 0.349 e. The Hall–Kier alpha value is -2.17. The summed E-state index contributed by atoms with van der Waals surface area (Å²) in [7, 11) is 0. The second-order valence-electron chi connectivity index (χ2n) is 5.91. The third-order valence-corrected chi connectivity index (χ3v) is 4.43. The molecule has 0 saturated carbocycles. The van der Waals surface area contributed by atoms with Crippen LogP contribution >= 0.6 is 0 Å².